The fourth-order valence-corrected chi connectivity index (χ4v) is 1.35. The van der Waals surface area contributed by atoms with Gasteiger partial charge in [0, 0.05) is 11.6 Å². The minimum absolute atomic E-state index is 0. The van der Waals surface area contributed by atoms with Crippen LogP contribution in [0.2, 0.25) is 0 Å². The fraction of sp³-hybridized carbons (Fsp3) is 0.400. The van der Waals surface area contributed by atoms with Crippen molar-refractivity contribution in [1.29, 1.82) is 0 Å². The van der Waals surface area contributed by atoms with Gasteiger partial charge in [0.1, 0.15) is 5.75 Å². The van der Waals surface area contributed by atoms with Gasteiger partial charge in [0.2, 0.25) is 0 Å². The summed E-state index contributed by atoms with van der Waals surface area (Å²) in [5, 5.41) is 0. The number of benzene rings is 1. The quantitative estimate of drug-likeness (QED) is 0.859. The Morgan fingerprint density at radius 3 is 2.22 bits per heavy atom. The van der Waals surface area contributed by atoms with Crippen LogP contribution in [0.25, 0.3) is 0 Å². The van der Waals surface area contributed by atoms with Crippen LogP contribution in [0, 0.1) is 0 Å². The Morgan fingerprint density at radius 1 is 1.17 bits per heavy atom. The molecule has 1 rings (SSSR count). The van der Waals surface area contributed by atoms with E-state index in [2.05, 4.69) is 4.74 Å². The van der Waals surface area contributed by atoms with Gasteiger partial charge >= 0.3 is 12.8 Å². The SMILES string of the molecule is Cl.N[C@H](CC(F)(F)F)c1ccccc1OC(F)F. The van der Waals surface area contributed by atoms with Gasteiger partial charge in [-0.1, -0.05) is 18.2 Å². The maximum Gasteiger partial charge on any atom is 0.390 e. The molecule has 0 aliphatic carbocycles. The molecule has 0 saturated carbocycles. The van der Waals surface area contributed by atoms with Crippen LogP contribution in [-0.4, -0.2) is 12.8 Å². The molecule has 0 bridgehead atoms. The predicted octanol–water partition coefficient (Wildman–Crippen LogP) is 3.66. The van der Waals surface area contributed by atoms with Gasteiger partial charge in [0.05, 0.1) is 6.42 Å². The number of ether oxygens (including phenoxy) is 1. The monoisotopic (exact) mass is 291 g/mol. The Labute approximate surface area is 106 Å². The van der Waals surface area contributed by atoms with E-state index in [-0.39, 0.29) is 23.7 Å². The molecule has 2 N–H and O–H groups in total. The summed E-state index contributed by atoms with van der Waals surface area (Å²) in [7, 11) is 0. The Balaban J connectivity index is 0.00000289. The Hall–Kier alpha value is -1.08. The molecule has 0 radical (unpaired) electrons. The smallest absolute Gasteiger partial charge is 0.390 e. The van der Waals surface area contributed by atoms with E-state index in [9.17, 15) is 22.0 Å². The van der Waals surface area contributed by atoms with Crippen molar-refractivity contribution in [3.63, 3.8) is 0 Å². The highest BCUT2D eigenvalue weighted by atomic mass is 35.5. The van der Waals surface area contributed by atoms with Gasteiger partial charge in [0.15, 0.2) is 0 Å². The molecule has 0 amide bonds. The summed E-state index contributed by atoms with van der Waals surface area (Å²) in [6.45, 7) is -3.10. The van der Waals surface area contributed by atoms with E-state index >= 15 is 0 Å². The first kappa shape index (κ1) is 16.9. The van der Waals surface area contributed by atoms with Gasteiger partial charge < -0.3 is 10.5 Å². The highest BCUT2D eigenvalue weighted by molar-refractivity contribution is 5.85. The third-order valence-electron chi connectivity index (χ3n) is 1.99. The average Bonchev–Trinajstić information content (AvgIpc) is 2.14. The van der Waals surface area contributed by atoms with Crippen molar-refractivity contribution in [2.24, 2.45) is 5.73 Å². The van der Waals surface area contributed by atoms with Crippen molar-refractivity contribution in [1.82, 2.24) is 0 Å². The molecular weight excluding hydrogens is 281 g/mol. The van der Waals surface area contributed by atoms with Crippen molar-refractivity contribution in [2.45, 2.75) is 25.3 Å². The topological polar surface area (TPSA) is 35.2 Å². The van der Waals surface area contributed by atoms with Crippen LogP contribution in [0.4, 0.5) is 22.0 Å². The number of hydrogen-bond donors (Lipinski definition) is 1. The Kier molecular flexibility index (Phi) is 6.34. The Morgan fingerprint density at radius 2 is 1.72 bits per heavy atom. The van der Waals surface area contributed by atoms with E-state index in [1.54, 1.807) is 0 Å². The molecular formula is C10H11ClF5NO. The number of hydrogen-bond acceptors (Lipinski definition) is 2. The number of rotatable bonds is 4. The molecule has 104 valence electrons. The lowest BCUT2D eigenvalue weighted by Gasteiger charge is -2.17. The summed E-state index contributed by atoms with van der Waals surface area (Å²) in [4.78, 5) is 0. The first-order valence-electron chi connectivity index (χ1n) is 4.65. The van der Waals surface area contributed by atoms with Crippen LogP contribution < -0.4 is 10.5 Å². The summed E-state index contributed by atoms with van der Waals surface area (Å²) in [6.07, 6.45) is -5.76. The summed E-state index contributed by atoms with van der Waals surface area (Å²) in [5.74, 6) is -0.334. The van der Waals surface area contributed by atoms with Gasteiger partial charge in [-0.2, -0.15) is 22.0 Å². The maximum absolute atomic E-state index is 12.1. The lowest BCUT2D eigenvalue weighted by Crippen LogP contribution is -2.21. The zero-order valence-electron chi connectivity index (χ0n) is 8.95. The normalized spacial score (nSPS) is 13.1. The average molecular weight is 292 g/mol. The number of nitrogens with two attached hydrogens (primary N) is 1. The van der Waals surface area contributed by atoms with Crippen molar-refractivity contribution in [3.8, 4) is 5.75 Å². The highest BCUT2D eigenvalue weighted by Crippen LogP contribution is 2.32. The second-order valence-electron chi connectivity index (χ2n) is 3.34. The van der Waals surface area contributed by atoms with E-state index in [1.165, 1.54) is 18.2 Å². The summed E-state index contributed by atoms with van der Waals surface area (Å²) < 4.78 is 64.5. The van der Waals surface area contributed by atoms with Gasteiger partial charge in [-0.3, -0.25) is 0 Å². The molecule has 0 aromatic heterocycles. The molecule has 0 saturated heterocycles. The third kappa shape index (κ3) is 5.50. The molecule has 0 unspecified atom stereocenters. The van der Waals surface area contributed by atoms with Crippen LogP contribution in [-0.2, 0) is 0 Å². The zero-order chi connectivity index (χ0) is 13.1. The van der Waals surface area contributed by atoms with E-state index in [1.807, 2.05) is 0 Å². The summed E-state index contributed by atoms with van der Waals surface area (Å²) in [6, 6.07) is 3.74. The van der Waals surface area contributed by atoms with Crippen LogP contribution in [0.5, 0.6) is 5.75 Å². The minimum atomic E-state index is -4.46. The van der Waals surface area contributed by atoms with Crippen molar-refractivity contribution in [2.75, 3.05) is 0 Å². The first-order chi connectivity index (χ1) is 7.79. The number of alkyl halides is 5. The van der Waals surface area contributed by atoms with Crippen LogP contribution >= 0.6 is 12.4 Å². The summed E-state index contributed by atoms with van der Waals surface area (Å²) in [5.41, 5.74) is 5.22. The third-order valence-corrected chi connectivity index (χ3v) is 1.99. The van der Waals surface area contributed by atoms with Gasteiger partial charge in [-0.15, -0.1) is 12.4 Å². The van der Waals surface area contributed by atoms with E-state index < -0.39 is 25.3 Å². The fourth-order valence-electron chi connectivity index (χ4n) is 1.35. The maximum atomic E-state index is 12.1. The number of halogens is 6. The molecule has 0 aliphatic heterocycles. The molecule has 0 aliphatic rings. The van der Waals surface area contributed by atoms with Gasteiger partial charge in [-0.25, -0.2) is 0 Å². The lowest BCUT2D eigenvalue weighted by atomic mass is 10.0. The van der Waals surface area contributed by atoms with Crippen molar-refractivity contribution in [3.05, 3.63) is 29.8 Å². The molecule has 18 heavy (non-hydrogen) atoms. The Bertz CT molecular complexity index is 372. The van der Waals surface area contributed by atoms with Gasteiger partial charge in [0.25, 0.3) is 0 Å². The molecule has 0 spiro atoms. The highest BCUT2D eigenvalue weighted by Gasteiger charge is 2.32. The standard InChI is InChI=1S/C10H10F5NO.ClH/c11-9(12)17-8-4-2-1-3-6(8)7(16)5-10(13,14)15;/h1-4,7,9H,5,16H2;1H/t7-;/m1./s1. The zero-order valence-corrected chi connectivity index (χ0v) is 9.77. The van der Waals surface area contributed by atoms with Crippen molar-refractivity contribution >= 4 is 12.4 Å². The molecule has 1 aromatic rings. The number of para-hydroxylation sites is 1. The first-order valence-corrected chi connectivity index (χ1v) is 4.65. The van der Waals surface area contributed by atoms with E-state index in [0.717, 1.165) is 6.07 Å². The van der Waals surface area contributed by atoms with E-state index in [4.69, 9.17) is 5.73 Å². The van der Waals surface area contributed by atoms with Crippen LogP contribution in [0.15, 0.2) is 24.3 Å². The minimum Gasteiger partial charge on any atom is -0.434 e. The molecule has 0 heterocycles. The predicted molar refractivity (Wildman–Crippen MR) is 57.9 cm³/mol. The molecule has 8 heteroatoms. The van der Waals surface area contributed by atoms with E-state index in [0.29, 0.717) is 0 Å². The molecule has 2 nitrogen and oxygen atoms in total. The van der Waals surface area contributed by atoms with Crippen molar-refractivity contribution < 1.29 is 26.7 Å². The van der Waals surface area contributed by atoms with Crippen LogP contribution in [0.1, 0.15) is 18.0 Å². The second-order valence-corrected chi connectivity index (χ2v) is 3.34. The molecule has 1 aromatic carbocycles. The largest absolute Gasteiger partial charge is 0.434 e. The second kappa shape index (κ2) is 6.75. The van der Waals surface area contributed by atoms with Gasteiger partial charge in [-0.05, 0) is 6.07 Å². The molecule has 0 fully saturated rings. The summed E-state index contributed by atoms with van der Waals surface area (Å²) >= 11 is 0. The lowest BCUT2D eigenvalue weighted by molar-refractivity contribution is -0.138. The molecule has 1 atom stereocenters. The van der Waals surface area contributed by atoms with Crippen LogP contribution in [0.3, 0.4) is 0 Å².